The molecule has 0 N–H and O–H groups in total. The number of aromatic nitrogens is 3. The number of hydrogen-bond acceptors (Lipinski definition) is 5. The Hall–Kier alpha value is -2.94. The van der Waals surface area contributed by atoms with E-state index in [2.05, 4.69) is 49.3 Å². The summed E-state index contributed by atoms with van der Waals surface area (Å²) in [5.41, 5.74) is 3.15. The summed E-state index contributed by atoms with van der Waals surface area (Å²) in [5.74, 6) is 1.79. The molecule has 1 aliphatic rings. The first-order chi connectivity index (χ1) is 20.8. The first-order valence-corrected chi connectivity index (χ1v) is 17.0. The number of piperidine rings is 1. The zero-order chi connectivity index (χ0) is 30.1. The second-order valence-electron chi connectivity index (χ2n) is 13.1. The van der Waals surface area contributed by atoms with Crippen molar-refractivity contribution in [1.82, 2.24) is 23.8 Å². The number of thiophene rings is 1. The number of halogens is 1. The molecule has 0 radical (unpaired) electrons. The van der Waals surface area contributed by atoms with Gasteiger partial charge in [-0.25, -0.2) is 9.38 Å². The lowest BCUT2D eigenvalue weighted by molar-refractivity contribution is 0.0741. The molecule has 1 fully saturated rings. The summed E-state index contributed by atoms with van der Waals surface area (Å²) in [7, 11) is 0. The average molecular weight is 636 g/mol. The van der Waals surface area contributed by atoms with Gasteiger partial charge in [-0.2, -0.15) is 0 Å². The van der Waals surface area contributed by atoms with Crippen molar-refractivity contribution >= 4 is 66.8 Å². The fourth-order valence-electron chi connectivity index (χ4n) is 6.38. The maximum absolute atomic E-state index is 14.1. The van der Waals surface area contributed by atoms with Crippen molar-refractivity contribution < 1.29 is 4.79 Å². The number of carbonyl (C=O) groups excluding carboxylic acids is 1. The number of benzene rings is 2. The molecule has 0 aliphatic carbocycles. The molecule has 1 saturated heterocycles. The molecule has 0 saturated carbocycles. The van der Waals surface area contributed by atoms with Crippen LogP contribution in [0.5, 0.6) is 0 Å². The molecule has 0 bridgehead atoms. The predicted octanol–water partition coefficient (Wildman–Crippen LogP) is 7.85. The highest BCUT2D eigenvalue weighted by molar-refractivity contribution is 7.25. The van der Waals surface area contributed by atoms with Crippen LogP contribution in [0.3, 0.4) is 0 Å². The number of hydrogen-bond donors (Lipinski definition) is 0. The third kappa shape index (κ3) is 6.53. The number of aryl methyl sites for hydroxylation is 1. The highest BCUT2D eigenvalue weighted by Gasteiger charge is 2.22. The van der Waals surface area contributed by atoms with Gasteiger partial charge in [0.1, 0.15) is 4.70 Å². The lowest BCUT2D eigenvalue weighted by Gasteiger charge is -2.26. The van der Waals surface area contributed by atoms with E-state index in [9.17, 15) is 9.59 Å². The van der Waals surface area contributed by atoms with E-state index in [1.807, 2.05) is 35.2 Å². The van der Waals surface area contributed by atoms with Crippen LogP contribution >= 0.6 is 23.7 Å². The average Bonchev–Trinajstić information content (AvgIpc) is 3.53. The molecule has 1 amide bonds. The van der Waals surface area contributed by atoms with Gasteiger partial charge in [0.2, 0.25) is 5.78 Å². The minimum Gasteiger partial charge on any atom is -0.339 e. The van der Waals surface area contributed by atoms with Crippen LogP contribution in [0.15, 0.2) is 47.3 Å². The third-order valence-electron chi connectivity index (χ3n) is 8.92. The molecular formula is C35H46ClN5O2S. The Bertz CT molecular complexity index is 1800. The van der Waals surface area contributed by atoms with E-state index >= 15 is 0 Å². The van der Waals surface area contributed by atoms with Gasteiger partial charge in [0.05, 0.1) is 16.6 Å². The Balaban J connectivity index is 0.00000384. The topological polar surface area (TPSA) is 62.9 Å². The molecule has 0 unspecified atom stereocenters. The number of likely N-dealkylation sites (tertiary alicyclic amines) is 1. The van der Waals surface area contributed by atoms with Crippen LogP contribution in [0.25, 0.3) is 37.1 Å². The van der Waals surface area contributed by atoms with Gasteiger partial charge in [-0.15, -0.1) is 23.7 Å². The number of fused-ring (bicyclic) bond motifs is 6. The second-order valence-corrected chi connectivity index (χ2v) is 14.1. The van der Waals surface area contributed by atoms with Gasteiger partial charge >= 0.3 is 0 Å². The Kier molecular flexibility index (Phi) is 10.3. The van der Waals surface area contributed by atoms with Crippen molar-refractivity contribution in [2.24, 2.45) is 11.8 Å². The quantitative estimate of drug-likeness (QED) is 0.148. The van der Waals surface area contributed by atoms with Crippen molar-refractivity contribution in [2.45, 2.75) is 72.8 Å². The first-order valence-electron chi connectivity index (χ1n) is 16.2. The SMILES string of the molecule is CC(C)CCN(CCC(C)C)C(=O)c1ccc2c(c1)n(CCCN1CCCCC1)c1nc3c(sc4ccccc43)c(=O)n21.Cl. The zero-order valence-electron chi connectivity index (χ0n) is 26.6. The monoisotopic (exact) mass is 635 g/mol. The number of rotatable bonds is 11. The van der Waals surface area contributed by atoms with Crippen LogP contribution in [-0.2, 0) is 6.54 Å². The Morgan fingerprint density at radius 3 is 2.34 bits per heavy atom. The number of amides is 1. The van der Waals surface area contributed by atoms with E-state index in [1.54, 1.807) is 4.40 Å². The third-order valence-corrected chi connectivity index (χ3v) is 10.1. The summed E-state index contributed by atoms with van der Waals surface area (Å²) >= 11 is 1.51. The molecule has 0 spiro atoms. The van der Waals surface area contributed by atoms with Gasteiger partial charge < -0.3 is 14.4 Å². The number of imidazole rings is 1. The largest absolute Gasteiger partial charge is 0.339 e. The minimum absolute atomic E-state index is 0. The van der Waals surface area contributed by atoms with Crippen LogP contribution in [0.1, 0.15) is 76.6 Å². The fourth-order valence-corrected chi connectivity index (χ4v) is 7.45. The Morgan fingerprint density at radius 2 is 1.64 bits per heavy atom. The van der Waals surface area contributed by atoms with Gasteiger partial charge in [-0.05, 0) is 87.8 Å². The summed E-state index contributed by atoms with van der Waals surface area (Å²) in [6.45, 7) is 14.4. The van der Waals surface area contributed by atoms with E-state index in [0.717, 1.165) is 85.2 Å². The highest BCUT2D eigenvalue weighted by Crippen LogP contribution is 2.32. The van der Waals surface area contributed by atoms with Crippen LogP contribution < -0.4 is 5.56 Å². The predicted molar refractivity (Wildman–Crippen MR) is 187 cm³/mol. The fraction of sp³-hybridized carbons (Fsp3) is 0.514. The summed E-state index contributed by atoms with van der Waals surface area (Å²) < 4.78 is 5.72. The smallest absolute Gasteiger partial charge is 0.277 e. The Morgan fingerprint density at radius 1 is 0.932 bits per heavy atom. The summed E-state index contributed by atoms with van der Waals surface area (Å²) in [5, 5.41) is 1.02. The normalized spacial score (nSPS) is 14.4. The van der Waals surface area contributed by atoms with Crippen molar-refractivity contribution in [1.29, 1.82) is 0 Å². The van der Waals surface area contributed by atoms with Crippen molar-refractivity contribution in [2.75, 3.05) is 32.7 Å². The first kappa shape index (κ1) is 32.5. The standard InChI is InChI=1S/C35H45N5O2S.ClH/c1-24(2)15-21-38(22-16-25(3)4)33(41)26-13-14-28-29(23-26)39(20-10-19-37-17-8-5-9-18-37)35-36-31-27-11-6-7-12-30(27)43-32(31)34(42)40(28)35;/h6-7,11-14,23-25H,5,8-10,15-22H2,1-4H3;1H. The van der Waals surface area contributed by atoms with Gasteiger partial charge in [0, 0.05) is 35.3 Å². The van der Waals surface area contributed by atoms with Crippen LogP contribution in [0.2, 0.25) is 0 Å². The molecule has 5 aromatic rings. The van der Waals surface area contributed by atoms with E-state index in [1.165, 1.54) is 30.6 Å². The number of carbonyl (C=O) groups is 1. The summed E-state index contributed by atoms with van der Waals surface area (Å²) in [6.07, 6.45) is 6.78. The minimum atomic E-state index is -0.0319. The molecule has 6 rings (SSSR count). The molecule has 1 aliphatic heterocycles. The van der Waals surface area contributed by atoms with Crippen molar-refractivity contribution in [3.63, 3.8) is 0 Å². The van der Waals surface area contributed by atoms with Crippen LogP contribution in [0, 0.1) is 11.8 Å². The molecular weight excluding hydrogens is 590 g/mol. The van der Waals surface area contributed by atoms with E-state index < -0.39 is 0 Å². The van der Waals surface area contributed by atoms with Gasteiger partial charge in [-0.3, -0.25) is 9.59 Å². The van der Waals surface area contributed by atoms with E-state index in [4.69, 9.17) is 4.98 Å². The van der Waals surface area contributed by atoms with Crippen LogP contribution in [-0.4, -0.2) is 62.4 Å². The maximum Gasteiger partial charge on any atom is 0.277 e. The molecule has 0 atom stereocenters. The number of nitrogens with zero attached hydrogens (tertiary/aromatic N) is 5. The Labute approximate surface area is 270 Å². The van der Waals surface area contributed by atoms with Gasteiger partial charge in [-0.1, -0.05) is 52.3 Å². The summed E-state index contributed by atoms with van der Waals surface area (Å²) in [6, 6.07) is 14.0. The maximum atomic E-state index is 14.1. The summed E-state index contributed by atoms with van der Waals surface area (Å²) in [4.78, 5) is 37.8. The molecule has 2 aromatic carbocycles. The van der Waals surface area contributed by atoms with Gasteiger partial charge in [0.15, 0.2) is 0 Å². The highest BCUT2D eigenvalue weighted by atomic mass is 35.5. The lowest BCUT2D eigenvalue weighted by atomic mass is 10.1. The van der Waals surface area contributed by atoms with E-state index in [0.29, 0.717) is 27.9 Å². The van der Waals surface area contributed by atoms with Gasteiger partial charge in [0.25, 0.3) is 11.5 Å². The molecule has 3 aromatic heterocycles. The molecule has 4 heterocycles. The zero-order valence-corrected chi connectivity index (χ0v) is 28.2. The van der Waals surface area contributed by atoms with E-state index in [-0.39, 0.29) is 23.9 Å². The van der Waals surface area contributed by atoms with Crippen LogP contribution in [0.4, 0.5) is 0 Å². The van der Waals surface area contributed by atoms with Crippen molar-refractivity contribution in [3.05, 3.63) is 58.4 Å². The second kappa shape index (κ2) is 14.0. The molecule has 44 heavy (non-hydrogen) atoms. The molecule has 7 nitrogen and oxygen atoms in total. The van der Waals surface area contributed by atoms with Crippen molar-refractivity contribution in [3.8, 4) is 0 Å². The molecule has 9 heteroatoms. The molecule has 236 valence electrons. The lowest BCUT2D eigenvalue weighted by Crippen LogP contribution is -2.34.